The molecule has 1 aliphatic carbocycles. The topological polar surface area (TPSA) is 46.5 Å². The van der Waals surface area contributed by atoms with E-state index in [1.165, 1.54) is 11.1 Å². The van der Waals surface area contributed by atoms with Gasteiger partial charge in [-0.2, -0.15) is 0 Å². The molecule has 102 valence electrons. The molecule has 3 rings (SSSR count). The van der Waals surface area contributed by atoms with Gasteiger partial charge in [0.2, 0.25) is 0 Å². The molecular weight excluding hydrogens is 252 g/mol. The summed E-state index contributed by atoms with van der Waals surface area (Å²) in [7, 11) is 0. The fraction of sp³-hybridized carbons (Fsp3) is 0.235. The smallest absolute Gasteiger partial charge is 0.307 e. The van der Waals surface area contributed by atoms with Gasteiger partial charge in [0.1, 0.15) is 5.75 Å². The highest BCUT2D eigenvalue weighted by molar-refractivity contribution is 5.71. The minimum absolute atomic E-state index is 0.00255. The van der Waals surface area contributed by atoms with Crippen LogP contribution >= 0.6 is 0 Å². The van der Waals surface area contributed by atoms with E-state index in [0.717, 1.165) is 12.0 Å². The highest BCUT2D eigenvalue weighted by Gasteiger charge is 2.26. The lowest BCUT2D eigenvalue weighted by molar-refractivity contribution is -0.136. The summed E-state index contributed by atoms with van der Waals surface area (Å²) in [6.45, 7) is 0.605. The Morgan fingerprint density at radius 2 is 1.90 bits per heavy atom. The van der Waals surface area contributed by atoms with Crippen LogP contribution in [0.2, 0.25) is 0 Å². The van der Waals surface area contributed by atoms with Crippen LogP contribution in [-0.4, -0.2) is 17.7 Å². The second-order valence-corrected chi connectivity index (χ2v) is 5.09. The van der Waals surface area contributed by atoms with E-state index in [1.807, 2.05) is 24.3 Å². The van der Waals surface area contributed by atoms with Crippen LogP contribution in [0.25, 0.3) is 0 Å². The molecule has 1 N–H and O–H groups in total. The van der Waals surface area contributed by atoms with E-state index >= 15 is 0 Å². The zero-order valence-electron chi connectivity index (χ0n) is 11.1. The lowest BCUT2D eigenvalue weighted by Gasteiger charge is -2.30. The van der Waals surface area contributed by atoms with Crippen LogP contribution in [-0.2, 0) is 17.6 Å². The maximum absolute atomic E-state index is 10.8. The lowest BCUT2D eigenvalue weighted by Crippen LogP contribution is -2.23. The van der Waals surface area contributed by atoms with Crippen molar-refractivity contribution in [3.8, 4) is 5.75 Å². The largest absolute Gasteiger partial charge is 0.493 e. The van der Waals surface area contributed by atoms with Crippen LogP contribution in [0.4, 0.5) is 0 Å². The molecule has 0 aliphatic heterocycles. The van der Waals surface area contributed by atoms with Crippen LogP contribution in [0, 0.1) is 0 Å². The number of carbonyl (C=O) groups is 1. The number of aliphatic carboxylic acids is 1. The molecule has 0 saturated heterocycles. The summed E-state index contributed by atoms with van der Waals surface area (Å²) < 4.78 is 5.84. The maximum Gasteiger partial charge on any atom is 0.307 e. The van der Waals surface area contributed by atoms with Gasteiger partial charge in [-0.05, 0) is 23.6 Å². The van der Waals surface area contributed by atoms with E-state index < -0.39 is 5.97 Å². The monoisotopic (exact) mass is 268 g/mol. The molecule has 0 amide bonds. The number of carboxylic acids is 1. The molecule has 0 aromatic heterocycles. The number of para-hydroxylation sites is 1. The normalized spacial score (nSPS) is 16.1. The molecule has 0 spiro atoms. The highest BCUT2D eigenvalue weighted by Crippen LogP contribution is 2.35. The summed E-state index contributed by atoms with van der Waals surface area (Å²) in [5.41, 5.74) is 3.47. The summed E-state index contributed by atoms with van der Waals surface area (Å²) in [6.07, 6.45) is 1.04. The third kappa shape index (κ3) is 2.52. The van der Waals surface area contributed by atoms with Crippen molar-refractivity contribution in [1.82, 2.24) is 0 Å². The van der Waals surface area contributed by atoms with Crippen LogP contribution in [0.5, 0.6) is 5.75 Å². The molecular formula is C17H16O3. The number of benzene rings is 2. The Kier molecular flexibility index (Phi) is 3.42. The molecule has 0 heterocycles. The zero-order chi connectivity index (χ0) is 13.9. The summed E-state index contributed by atoms with van der Waals surface area (Å²) in [5.74, 6) is 0.262. The molecule has 0 saturated carbocycles. The van der Waals surface area contributed by atoms with Crippen LogP contribution in [0.1, 0.15) is 22.6 Å². The number of fused-ring (bicyclic) bond motifs is 1. The van der Waals surface area contributed by atoms with Gasteiger partial charge in [0.15, 0.2) is 0 Å². The SMILES string of the molecule is O=C(O)Cc1ccccc1OCC1Cc2ccccc21. The quantitative estimate of drug-likeness (QED) is 0.906. The molecule has 3 nitrogen and oxygen atoms in total. The summed E-state index contributed by atoms with van der Waals surface area (Å²) in [5, 5.41) is 8.90. The average molecular weight is 268 g/mol. The van der Waals surface area contributed by atoms with Crippen LogP contribution in [0.3, 0.4) is 0 Å². The predicted molar refractivity (Wildman–Crippen MR) is 76.2 cm³/mol. The van der Waals surface area contributed by atoms with Gasteiger partial charge >= 0.3 is 5.97 Å². The Balaban J connectivity index is 1.67. The van der Waals surface area contributed by atoms with E-state index in [2.05, 4.69) is 18.2 Å². The molecule has 20 heavy (non-hydrogen) atoms. The molecule has 1 unspecified atom stereocenters. The number of carboxylic acid groups (broad SMARTS) is 1. The third-order valence-electron chi connectivity index (χ3n) is 3.72. The third-order valence-corrected chi connectivity index (χ3v) is 3.72. The summed E-state index contributed by atoms with van der Waals surface area (Å²) >= 11 is 0. The van der Waals surface area contributed by atoms with Crippen molar-refractivity contribution >= 4 is 5.97 Å². The molecule has 2 aromatic carbocycles. The first kappa shape index (κ1) is 12.7. The molecule has 0 fully saturated rings. The fourth-order valence-corrected chi connectivity index (χ4v) is 2.66. The van der Waals surface area contributed by atoms with Crippen molar-refractivity contribution in [2.45, 2.75) is 18.8 Å². The molecule has 0 radical (unpaired) electrons. The fourth-order valence-electron chi connectivity index (χ4n) is 2.66. The van der Waals surface area contributed by atoms with Crippen molar-refractivity contribution in [2.75, 3.05) is 6.61 Å². The van der Waals surface area contributed by atoms with E-state index in [4.69, 9.17) is 9.84 Å². The number of hydrogen-bond donors (Lipinski definition) is 1. The van der Waals surface area contributed by atoms with Gasteiger partial charge in [-0.3, -0.25) is 4.79 Å². The Bertz CT molecular complexity index is 634. The average Bonchev–Trinajstić information content (AvgIpc) is 2.41. The Hall–Kier alpha value is -2.29. The molecule has 3 heteroatoms. The van der Waals surface area contributed by atoms with Gasteiger partial charge in [0, 0.05) is 11.5 Å². The molecule has 2 aromatic rings. The number of ether oxygens (including phenoxy) is 1. The Morgan fingerprint density at radius 1 is 1.15 bits per heavy atom. The van der Waals surface area contributed by atoms with Gasteiger partial charge in [-0.1, -0.05) is 42.5 Å². The van der Waals surface area contributed by atoms with Gasteiger partial charge < -0.3 is 9.84 Å². The molecule has 1 aliphatic rings. The van der Waals surface area contributed by atoms with Gasteiger partial charge in [-0.25, -0.2) is 0 Å². The number of rotatable bonds is 5. The zero-order valence-corrected chi connectivity index (χ0v) is 11.1. The lowest BCUT2D eigenvalue weighted by atomic mass is 9.78. The molecule has 0 bridgehead atoms. The van der Waals surface area contributed by atoms with Crippen LogP contribution < -0.4 is 4.74 Å². The van der Waals surface area contributed by atoms with Crippen molar-refractivity contribution in [2.24, 2.45) is 0 Å². The summed E-state index contributed by atoms with van der Waals surface area (Å²) in [6, 6.07) is 15.7. The van der Waals surface area contributed by atoms with E-state index in [-0.39, 0.29) is 6.42 Å². The minimum atomic E-state index is -0.838. The first-order chi connectivity index (χ1) is 9.74. The van der Waals surface area contributed by atoms with Crippen LogP contribution in [0.15, 0.2) is 48.5 Å². The maximum atomic E-state index is 10.8. The second-order valence-electron chi connectivity index (χ2n) is 5.09. The van der Waals surface area contributed by atoms with Crippen molar-refractivity contribution in [3.05, 3.63) is 65.2 Å². The van der Waals surface area contributed by atoms with E-state index in [9.17, 15) is 4.79 Å². The van der Waals surface area contributed by atoms with Gasteiger partial charge in [0.05, 0.1) is 13.0 Å². The van der Waals surface area contributed by atoms with Gasteiger partial charge in [-0.15, -0.1) is 0 Å². The Morgan fingerprint density at radius 3 is 2.70 bits per heavy atom. The predicted octanol–water partition coefficient (Wildman–Crippen LogP) is 3.03. The minimum Gasteiger partial charge on any atom is -0.493 e. The molecule has 1 atom stereocenters. The van der Waals surface area contributed by atoms with E-state index in [0.29, 0.717) is 18.3 Å². The van der Waals surface area contributed by atoms with E-state index in [1.54, 1.807) is 6.07 Å². The number of hydrogen-bond acceptors (Lipinski definition) is 2. The van der Waals surface area contributed by atoms with Crippen molar-refractivity contribution in [1.29, 1.82) is 0 Å². The standard InChI is InChI=1S/C17H16O3/c18-17(19)10-13-6-2-4-8-16(13)20-11-14-9-12-5-1-3-7-15(12)14/h1-8,14H,9-11H2,(H,18,19). The van der Waals surface area contributed by atoms with Crippen molar-refractivity contribution in [3.63, 3.8) is 0 Å². The highest BCUT2D eigenvalue weighted by atomic mass is 16.5. The van der Waals surface area contributed by atoms with Gasteiger partial charge in [0.25, 0.3) is 0 Å². The Labute approximate surface area is 117 Å². The van der Waals surface area contributed by atoms with Crippen molar-refractivity contribution < 1.29 is 14.6 Å². The first-order valence-electron chi connectivity index (χ1n) is 6.74. The summed E-state index contributed by atoms with van der Waals surface area (Å²) in [4.78, 5) is 10.8. The second kappa shape index (κ2) is 5.37. The first-order valence-corrected chi connectivity index (χ1v) is 6.74.